The quantitative estimate of drug-likeness (QED) is 0.739. The van der Waals surface area contributed by atoms with Crippen molar-refractivity contribution in [3.05, 3.63) is 36.2 Å². The summed E-state index contributed by atoms with van der Waals surface area (Å²) < 4.78 is 0. The highest BCUT2D eigenvalue weighted by Crippen LogP contribution is 2.13. The van der Waals surface area contributed by atoms with Crippen molar-refractivity contribution in [1.29, 1.82) is 0 Å². The predicted molar refractivity (Wildman–Crippen MR) is 51.5 cm³/mol. The first-order valence-electron chi connectivity index (χ1n) is 4.11. The monoisotopic (exact) mass is 162 g/mol. The summed E-state index contributed by atoms with van der Waals surface area (Å²) in [6.45, 7) is 5.74. The SMILES string of the molecule is C=Cc1cncc([C@@H](N)CC)c1. The maximum Gasteiger partial charge on any atom is 0.0340 e. The Morgan fingerprint density at radius 2 is 2.42 bits per heavy atom. The molecule has 0 saturated carbocycles. The number of pyridine rings is 1. The molecule has 1 atom stereocenters. The summed E-state index contributed by atoms with van der Waals surface area (Å²) in [5.74, 6) is 0. The lowest BCUT2D eigenvalue weighted by molar-refractivity contribution is 0.695. The van der Waals surface area contributed by atoms with Gasteiger partial charge in [0.05, 0.1) is 0 Å². The number of hydrogen-bond acceptors (Lipinski definition) is 2. The Hall–Kier alpha value is -1.15. The van der Waals surface area contributed by atoms with Crippen molar-refractivity contribution in [3.63, 3.8) is 0 Å². The molecular weight excluding hydrogens is 148 g/mol. The van der Waals surface area contributed by atoms with Crippen LogP contribution in [0.4, 0.5) is 0 Å². The van der Waals surface area contributed by atoms with Gasteiger partial charge in [-0.1, -0.05) is 19.6 Å². The van der Waals surface area contributed by atoms with Crippen LogP contribution in [0.5, 0.6) is 0 Å². The van der Waals surface area contributed by atoms with Crippen LogP contribution in [0.15, 0.2) is 25.0 Å². The molecule has 0 radical (unpaired) electrons. The van der Waals surface area contributed by atoms with Crippen LogP contribution >= 0.6 is 0 Å². The lowest BCUT2D eigenvalue weighted by Crippen LogP contribution is -2.08. The third kappa shape index (κ3) is 1.92. The molecule has 0 bridgehead atoms. The van der Waals surface area contributed by atoms with Crippen molar-refractivity contribution in [3.8, 4) is 0 Å². The largest absolute Gasteiger partial charge is 0.324 e. The summed E-state index contributed by atoms with van der Waals surface area (Å²) in [7, 11) is 0. The average molecular weight is 162 g/mol. The zero-order valence-corrected chi connectivity index (χ0v) is 7.33. The second-order valence-electron chi connectivity index (χ2n) is 2.77. The fourth-order valence-electron chi connectivity index (χ4n) is 1.03. The third-order valence-electron chi connectivity index (χ3n) is 1.88. The zero-order valence-electron chi connectivity index (χ0n) is 7.33. The lowest BCUT2D eigenvalue weighted by Gasteiger charge is -2.08. The number of aromatic nitrogens is 1. The molecule has 2 nitrogen and oxygen atoms in total. The Bertz CT molecular complexity index is 268. The molecule has 64 valence electrons. The number of nitrogens with two attached hydrogens (primary N) is 1. The van der Waals surface area contributed by atoms with Crippen molar-refractivity contribution < 1.29 is 0 Å². The van der Waals surface area contributed by atoms with Gasteiger partial charge in [-0.05, 0) is 23.6 Å². The number of nitrogens with zero attached hydrogens (tertiary/aromatic N) is 1. The normalized spacial score (nSPS) is 12.5. The standard InChI is InChI=1S/C10H14N2/c1-3-8-5-9(7-12-6-8)10(11)4-2/h3,5-7,10H,1,4,11H2,2H3/t10-/m0/s1. The molecule has 12 heavy (non-hydrogen) atoms. The van der Waals surface area contributed by atoms with E-state index < -0.39 is 0 Å². The van der Waals surface area contributed by atoms with E-state index >= 15 is 0 Å². The molecule has 0 spiro atoms. The smallest absolute Gasteiger partial charge is 0.0340 e. The van der Waals surface area contributed by atoms with E-state index in [1.165, 1.54) is 0 Å². The van der Waals surface area contributed by atoms with Crippen LogP contribution in [0.2, 0.25) is 0 Å². The average Bonchev–Trinajstić information content (AvgIpc) is 2.17. The Morgan fingerprint density at radius 3 is 3.00 bits per heavy atom. The molecule has 0 saturated heterocycles. The molecule has 0 fully saturated rings. The van der Waals surface area contributed by atoms with Crippen molar-refractivity contribution in [2.24, 2.45) is 5.73 Å². The molecule has 2 heteroatoms. The first kappa shape index (κ1) is 8.94. The molecule has 1 aromatic rings. The Kier molecular flexibility index (Phi) is 3.00. The molecular formula is C10H14N2. The molecule has 0 amide bonds. The minimum absolute atomic E-state index is 0.0948. The van der Waals surface area contributed by atoms with Crippen LogP contribution < -0.4 is 5.73 Å². The summed E-state index contributed by atoms with van der Waals surface area (Å²) in [6, 6.07) is 2.12. The maximum absolute atomic E-state index is 5.84. The van der Waals surface area contributed by atoms with E-state index in [2.05, 4.69) is 18.5 Å². The Labute approximate surface area is 73.1 Å². The molecule has 2 N–H and O–H groups in total. The van der Waals surface area contributed by atoms with Crippen LogP contribution in [0.25, 0.3) is 6.08 Å². The van der Waals surface area contributed by atoms with E-state index in [1.807, 2.05) is 6.07 Å². The van der Waals surface area contributed by atoms with Gasteiger partial charge in [-0.25, -0.2) is 0 Å². The second-order valence-corrected chi connectivity index (χ2v) is 2.77. The number of hydrogen-bond donors (Lipinski definition) is 1. The third-order valence-corrected chi connectivity index (χ3v) is 1.88. The van der Waals surface area contributed by atoms with Crippen molar-refractivity contribution in [2.75, 3.05) is 0 Å². The molecule has 1 aromatic heterocycles. The topological polar surface area (TPSA) is 38.9 Å². The second kappa shape index (κ2) is 4.02. The minimum Gasteiger partial charge on any atom is -0.324 e. The van der Waals surface area contributed by atoms with E-state index in [0.29, 0.717) is 0 Å². The van der Waals surface area contributed by atoms with Gasteiger partial charge in [0.1, 0.15) is 0 Å². The van der Waals surface area contributed by atoms with E-state index in [1.54, 1.807) is 18.5 Å². The van der Waals surface area contributed by atoms with Gasteiger partial charge >= 0.3 is 0 Å². The first-order chi connectivity index (χ1) is 5.77. The highest BCUT2D eigenvalue weighted by molar-refractivity contribution is 5.46. The summed E-state index contributed by atoms with van der Waals surface area (Å²) in [5, 5.41) is 0. The van der Waals surface area contributed by atoms with E-state index in [4.69, 9.17) is 5.73 Å². The molecule has 0 aromatic carbocycles. The molecule has 0 aliphatic carbocycles. The maximum atomic E-state index is 5.84. The van der Waals surface area contributed by atoms with Gasteiger partial charge in [-0.3, -0.25) is 4.98 Å². The fraction of sp³-hybridized carbons (Fsp3) is 0.300. The minimum atomic E-state index is 0.0948. The van der Waals surface area contributed by atoms with E-state index in [9.17, 15) is 0 Å². The van der Waals surface area contributed by atoms with Gasteiger partial charge in [0, 0.05) is 18.4 Å². The van der Waals surface area contributed by atoms with Gasteiger partial charge in [0.25, 0.3) is 0 Å². The van der Waals surface area contributed by atoms with Gasteiger partial charge in [-0.15, -0.1) is 0 Å². The van der Waals surface area contributed by atoms with Crippen LogP contribution in [0, 0.1) is 0 Å². The summed E-state index contributed by atoms with van der Waals surface area (Å²) in [6.07, 6.45) is 6.29. The fourth-order valence-corrected chi connectivity index (χ4v) is 1.03. The molecule has 0 unspecified atom stereocenters. The van der Waals surface area contributed by atoms with E-state index in [-0.39, 0.29) is 6.04 Å². The van der Waals surface area contributed by atoms with Crippen LogP contribution in [0.1, 0.15) is 30.5 Å². The number of rotatable bonds is 3. The molecule has 1 heterocycles. The van der Waals surface area contributed by atoms with Gasteiger partial charge in [0.15, 0.2) is 0 Å². The van der Waals surface area contributed by atoms with Crippen LogP contribution in [-0.4, -0.2) is 4.98 Å². The molecule has 0 aliphatic rings. The lowest BCUT2D eigenvalue weighted by atomic mass is 10.1. The summed E-state index contributed by atoms with van der Waals surface area (Å²) in [4.78, 5) is 4.07. The van der Waals surface area contributed by atoms with Crippen molar-refractivity contribution in [1.82, 2.24) is 4.98 Å². The van der Waals surface area contributed by atoms with Gasteiger partial charge in [-0.2, -0.15) is 0 Å². The van der Waals surface area contributed by atoms with Gasteiger partial charge < -0.3 is 5.73 Å². The van der Waals surface area contributed by atoms with Crippen LogP contribution in [0.3, 0.4) is 0 Å². The highest BCUT2D eigenvalue weighted by atomic mass is 14.7. The molecule has 1 rings (SSSR count). The summed E-state index contributed by atoms with van der Waals surface area (Å²) >= 11 is 0. The van der Waals surface area contributed by atoms with Crippen molar-refractivity contribution >= 4 is 6.08 Å². The van der Waals surface area contributed by atoms with Crippen molar-refractivity contribution in [2.45, 2.75) is 19.4 Å². The van der Waals surface area contributed by atoms with E-state index in [0.717, 1.165) is 17.5 Å². The zero-order chi connectivity index (χ0) is 8.97. The van der Waals surface area contributed by atoms with Crippen LogP contribution in [-0.2, 0) is 0 Å². The molecule has 0 aliphatic heterocycles. The first-order valence-corrected chi connectivity index (χ1v) is 4.11. The Morgan fingerprint density at radius 1 is 1.67 bits per heavy atom. The predicted octanol–water partition coefficient (Wildman–Crippen LogP) is 2.13. The summed E-state index contributed by atoms with van der Waals surface area (Å²) in [5.41, 5.74) is 7.95. The van der Waals surface area contributed by atoms with Gasteiger partial charge in [0.2, 0.25) is 0 Å². The Balaban J connectivity index is 2.93. The highest BCUT2D eigenvalue weighted by Gasteiger charge is 2.02.